The van der Waals surface area contributed by atoms with Gasteiger partial charge in [-0.05, 0) is 25.0 Å². The number of hydrogen-bond acceptors (Lipinski definition) is 4. The molecule has 1 aromatic rings. The highest BCUT2D eigenvalue weighted by Gasteiger charge is 2.28. The first kappa shape index (κ1) is 13.0. The van der Waals surface area contributed by atoms with Crippen LogP contribution in [0.3, 0.4) is 0 Å². The lowest BCUT2D eigenvalue weighted by Gasteiger charge is -2.05. The molecule has 2 rings (SSSR count). The molecule has 1 fully saturated rings. The normalized spacial score (nSPS) is 16.6. The Morgan fingerprint density at radius 1 is 1.41 bits per heavy atom. The van der Waals surface area contributed by atoms with Crippen LogP contribution in [0, 0.1) is 0 Å². The number of rotatable bonds is 6. The van der Waals surface area contributed by atoms with E-state index in [0.29, 0.717) is 10.3 Å². The van der Waals surface area contributed by atoms with Gasteiger partial charge in [-0.15, -0.1) is 11.3 Å². The molecular weight excluding hydrogens is 256 g/mol. The van der Waals surface area contributed by atoms with Crippen LogP contribution in [0.1, 0.15) is 31.6 Å². The van der Waals surface area contributed by atoms with Gasteiger partial charge in [-0.3, -0.25) is 0 Å². The molecule has 2 N–H and O–H groups in total. The molecule has 0 aliphatic heterocycles. The number of sulfonamides is 1. The predicted octanol–water partition coefficient (Wildman–Crippen LogP) is 1.69. The quantitative estimate of drug-likeness (QED) is 0.830. The van der Waals surface area contributed by atoms with Crippen LogP contribution in [0.25, 0.3) is 0 Å². The zero-order chi connectivity index (χ0) is 12.5. The summed E-state index contributed by atoms with van der Waals surface area (Å²) < 4.78 is 26.9. The van der Waals surface area contributed by atoms with Crippen LogP contribution in [-0.2, 0) is 16.6 Å². The molecule has 6 heteroatoms. The molecule has 0 amide bonds. The Morgan fingerprint density at radius 3 is 2.71 bits per heavy atom. The Morgan fingerprint density at radius 2 is 2.12 bits per heavy atom. The second-order valence-corrected chi connectivity index (χ2v) is 7.76. The Hall–Kier alpha value is -0.430. The van der Waals surface area contributed by atoms with E-state index >= 15 is 0 Å². The highest BCUT2D eigenvalue weighted by atomic mass is 32.2. The molecule has 0 bridgehead atoms. The molecule has 1 aliphatic rings. The maximum Gasteiger partial charge on any atom is 0.250 e. The first-order valence-electron chi connectivity index (χ1n) is 5.82. The Balaban J connectivity index is 2.01. The van der Waals surface area contributed by atoms with Crippen LogP contribution in [0.2, 0.25) is 0 Å². The minimum Gasteiger partial charge on any atom is -0.310 e. The van der Waals surface area contributed by atoms with Gasteiger partial charge in [0.15, 0.2) is 0 Å². The molecular formula is C11H18N2O2S2. The molecule has 17 heavy (non-hydrogen) atoms. The fraction of sp³-hybridized carbons (Fsp3) is 0.636. The fourth-order valence-electron chi connectivity index (χ4n) is 1.38. The standard InChI is InChI=1S/C11H18N2O2S2/c1-8(2)12-7-10-5-6-11(16-10)17(14,15)13-9-3-4-9/h5-6,8-9,12-13H,3-4,7H2,1-2H3. The molecule has 0 saturated heterocycles. The molecule has 1 aliphatic carbocycles. The van der Waals surface area contributed by atoms with Gasteiger partial charge in [0, 0.05) is 23.5 Å². The smallest absolute Gasteiger partial charge is 0.250 e. The van der Waals surface area contributed by atoms with Crippen molar-refractivity contribution in [2.24, 2.45) is 0 Å². The molecule has 0 atom stereocenters. The lowest BCUT2D eigenvalue weighted by molar-refractivity contribution is 0.583. The van der Waals surface area contributed by atoms with Crippen LogP contribution in [0.5, 0.6) is 0 Å². The fourth-order valence-corrected chi connectivity index (χ4v) is 4.01. The van der Waals surface area contributed by atoms with E-state index in [1.807, 2.05) is 6.07 Å². The van der Waals surface area contributed by atoms with Crippen LogP contribution in [0.15, 0.2) is 16.3 Å². The summed E-state index contributed by atoms with van der Waals surface area (Å²) in [6, 6.07) is 4.13. The van der Waals surface area contributed by atoms with E-state index in [4.69, 9.17) is 0 Å². The van der Waals surface area contributed by atoms with Gasteiger partial charge in [-0.1, -0.05) is 13.8 Å². The van der Waals surface area contributed by atoms with Gasteiger partial charge in [0.25, 0.3) is 0 Å². The first-order chi connectivity index (χ1) is 7.97. The summed E-state index contributed by atoms with van der Waals surface area (Å²) >= 11 is 1.34. The maximum absolute atomic E-state index is 11.9. The predicted molar refractivity (Wildman–Crippen MR) is 69.6 cm³/mol. The van der Waals surface area contributed by atoms with Crippen molar-refractivity contribution < 1.29 is 8.42 Å². The van der Waals surface area contributed by atoms with Crippen molar-refractivity contribution in [1.29, 1.82) is 0 Å². The summed E-state index contributed by atoms with van der Waals surface area (Å²) in [5, 5.41) is 3.27. The lowest BCUT2D eigenvalue weighted by Crippen LogP contribution is -2.24. The molecule has 96 valence electrons. The monoisotopic (exact) mass is 274 g/mol. The molecule has 0 spiro atoms. The molecule has 4 nitrogen and oxygen atoms in total. The van der Waals surface area contributed by atoms with Gasteiger partial charge in [-0.25, -0.2) is 13.1 Å². The molecule has 1 heterocycles. The third kappa shape index (κ3) is 3.77. The molecule has 1 aromatic heterocycles. The van der Waals surface area contributed by atoms with Gasteiger partial charge in [0.2, 0.25) is 10.0 Å². The van der Waals surface area contributed by atoms with Crippen LogP contribution < -0.4 is 10.0 Å². The second kappa shape index (κ2) is 5.06. The van der Waals surface area contributed by atoms with Crippen molar-refractivity contribution in [2.75, 3.05) is 0 Å². The van der Waals surface area contributed by atoms with E-state index in [0.717, 1.165) is 24.3 Å². The summed E-state index contributed by atoms with van der Waals surface area (Å²) in [6.07, 6.45) is 1.93. The Kier molecular flexibility index (Phi) is 3.87. The van der Waals surface area contributed by atoms with Gasteiger partial charge < -0.3 is 5.32 Å². The topological polar surface area (TPSA) is 58.2 Å². The van der Waals surface area contributed by atoms with E-state index in [1.165, 1.54) is 11.3 Å². The maximum atomic E-state index is 11.9. The average molecular weight is 274 g/mol. The van der Waals surface area contributed by atoms with Gasteiger partial charge >= 0.3 is 0 Å². The number of hydrogen-bond donors (Lipinski definition) is 2. The zero-order valence-electron chi connectivity index (χ0n) is 10.1. The summed E-state index contributed by atoms with van der Waals surface area (Å²) in [6.45, 7) is 4.86. The van der Waals surface area contributed by atoms with Crippen molar-refractivity contribution >= 4 is 21.4 Å². The van der Waals surface area contributed by atoms with E-state index in [2.05, 4.69) is 23.9 Å². The largest absolute Gasteiger partial charge is 0.310 e. The zero-order valence-corrected chi connectivity index (χ0v) is 11.7. The van der Waals surface area contributed by atoms with Crippen molar-refractivity contribution in [3.8, 4) is 0 Å². The van der Waals surface area contributed by atoms with E-state index in [-0.39, 0.29) is 6.04 Å². The van der Waals surface area contributed by atoms with Crippen LogP contribution in [0.4, 0.5) is 0 Å². The molecule has 0 aromatic carbocycles. The minimum atomic E-state index is -3.27. The second-order valence-electron chi connectivity index (χ2n) is 4.65. The van der Waals surface area contributed by atoms with Gasteiger partial charge in [0.1, 0.15) is 4.21 Å². The Labute approximate surface area is 106 Å². The average Bonchev–Trinajstić information content (AvgIpc) is 2.90. The molecule has 1 saturated carbocycles. The number of thiophene rings is 1. The van der Waals surface area contributed by atoms with Gasteiger partial charge in [-0.2, -0.15) is 0 Å². The molecule has 0 unspecified atom stereocenters. The van der Waals surface area contributed by atoms with E-state index < -0.39 is 10.0 Å². The summed E-state index contributed by atoms with van der Waals surface area (Å²) in [4.78, 5) is 1.05. The number of nitrogens with one attached hydrogen (secondary N) is 2. The summed E-state index contributed by atoms with van der Waals surface area (Å²) in [7, 11) is -3.27. The molecule has 0 radical (unpaired) electrons. The van der Waals surface area contributed by atoms with Crippen LogP contribution in [-0.4, -0.2) is 20.5 Å². The van der Waals surface area contributed by atoms with Crippen molar-refractivity contribution in [2.45, 2.75) is 49.5 Å². The SMILES string of the molecule is CC(C)NCc1ccc(S(=O)(=O)NC2CC2)s1. The lowest BCUT2D eigenvalue weighted by atomic mass is 10.4. The van der Waals surface area contributed by atoms with Crippen molar-refractivity contribution in [3.63, 3.8) is 0 Å². The minimum absolute atomic E-state index is 0.166. The Bertz CT molecular complexity index is 475. The van der Waals surface area contributed by atoms with E-state index in [9.17, 15) is 8.42 Å². The highest BCUT2D eigenvalue weighted by molar-refractivity contribution is 7.91. The highest BCUT2D eigenvalue weighted by Crippen LogP contribution is 2.26. The van der Waals surface area contributed by atoms with Gasteiger partial charge in [0.05, 0.1) is 0 Å². The third-order valence-corrected chi connectivity index (χ3v) is 5.58. The first-order valence-corrected chi connectivity index (χ1v) is 8.12. The summed E-state index contributed by atoms with van der Waals surface area (Å²) in [5.74, 6) is 0. The van der Waals surface area contributed by atoms with Crippen molar-refractivity contribution in [1.82, 2.24) is 10.0 Å². The van der Waals surface area contributed by atoms with E-state index in [1.54, 1.807) is 6.07 Å². The third-order valence-electron chi connectivity index (χ3n) is 2.49. The van der Waals surface area contributed by atoms with Crippen molar-refractivity contribution in [3.05, 3.63) is 17.0 Å². The summed E-state index contributed by atoms with van der Waals surface area (Å²) in [5.41, 5.74) is 0. The van der Waals surface area contributed by atoms with Crippen LogP contribution >= 0.6 is 11.3 Å².